The van der Waals surface area contributed by atoms with Crippen LogP contribution in [-0.2, 0) is 29.1 Å². The molecule has 26 heavy (non-hydrogen) atoms. The highest BCUT2D eigenvalue weighted by Gasteiger charge is 2.27. The number of anilines is 1. The zero-order chi connectivity index (χ0) is 18.8. The lowest BCUT2D eigenvalue weighted by Crippen LogP contribution is -2.42. The molecule has 3 N–H and O–H groups in total. The van der Waals surface area contributed by atoms with Gasteiger partial charge in [-0.05, 0) is 47.4 Å². The molecule has 0 saturated heterocycles. The first-order valence-corrected chi connectivity index (χ1v) is 8.97. The number of hydrogen-bond donors (Lipinski definition) is 2. The van der Waals surface area contributed by atoms with Crippen molar-refractivity contribution in [2.45, 2.75) is 32.5 Å². The molecule has 0 radical (unpaired) electrons. The lowest BCUT2D eigenvalue weighted by atomic mass is 10.1. The monoisotopic (exact) mass is 391 g/mol. The highest BCUT2D eigenvalue weighted by Crippen LogP contribution is 2.27. The first-order chi connectivity index (χ1) is 12.3. The summed E-state index contributed by atoms with van der Waals surface area (Å²) in [6.07, 6.45) is 0.346. The third-order valence-electron chi connectivity index (χ3n) is 4.33. The highest BCUT2D eigenvalue weighted by molar-refractivity contribution is 6.35. The van der Waals surface area contributed by atoms with Gasteiger partial charge in [0, 0.05) is 35.7 Å². The summed E-state index contributed by atoms with van der Waals surface area (Å²) in [7, 11) is 0. The van der Waals surface area contributed by atoms with Crippen LogP contribution >= 0.6 is 23.2 Å². The van der Waals surface area contributed by atoms with Gasteiger partial charge in [-0.25, -0.2) is 0 Å². The van der Waals surface area contributed by atoms with E-state index in [9.17, 15) is 9.59 Å². The van der Waals surface area contributed by atoms with Crippen molar-refractivity contribution in [3.05, 3.63) is 63.1 Å². The zero-order valence-corrected chi connectivity index (χ0v) is 15.8. The molecule has 2 aromatic carbocycles. The highest BCUT2D eigenvalue weighted by atomic mass is 35.5. The summed E-state index contributed by atoms with van der Waals surface area (Å²) >= 11 is 12.1. The van der Waals surface area contributed by atoms with Gasteiger partial charge in [-0.1, -0.05) is 35.3 Å². The van der Waals surface area contributed by atoms with Crippen LogP contribution in [0, 0.1) is 0 Å². The van der Waals surface area contributed by atoms with Gasteiger partial charge in [-0.3, -0.25) is 9.59 Å². The number of carbonyl (C=O) groups excluding carboxylic acids is 2. The topological polar surface area (TPSA) is 75.4 Å². The molecule has 0 aliphatic carbocycles. The number of hydrogen-bond acceptors (Lipinski definition) is 3. The van der Waals surface area contributed by atoms with E-state index in [1.54, 1.807) is 23.1 Å². The number of carbonyl (C=O) groups is 2. The van der Waals surface area contributed by atoms with Crippen LogP contribution in [0.1, 0.15) is 23.6 Å². The van der Waals surface area contributed by atoms with E-state index in [0.29, 0.717) is 29.6 Å². The summed E-state index contributed by atoms with van der Waals surface area (Å²) in [5, 5.41) is 3.80. The summed E-state index contributed by atoms with van der Waals surface area (Å²) in [4.78, 5) is 25.6. The van der Waals surface area contributed by atoms with Crippen molar-refractivity contribution in [3.63, 3.8) is 0 Å². The number of amides is 2. The van der Waals surface area contributed by atoms with Crippen molar-refractivity contribution >= 4 is 40.7 Å². The van der Waals surface area contributed by atoms with Crippen LogP contribution < -0.4 is 11.1 Å². The number of nitrogens with two attached hydrogens (primary N) is 1. The third kappa shape index (κ3) is 4.18. The molecule has 0 aromatic heterocycles. The number of rotatable bonds is 4. The molecule has 0 bridgehead atoms. The number of fused-ring (bicyclic) bond motifs is 1. The van der Waals surface area contributed by atoms with Gasteiger partial charge in [0.05, 0.1) is 6.04 Å². The maximum Gasteiger partial charge on any atom is 0.240 e. The first kappa shape index (κ1) is 18.7. The van der Waals surface area contributed by atoms with E-state index < -0.39 is 6.04 Å². The first-order valence-electron chi connectivity index (χ1n) is 8.21. The van der Waals surface area contributed by atoms with Gasteiger partial charge in [0.15, 0.2) is 0 Å². The van der Waals surface area contributed by atoms with Crippen molar-refractivity contribution in [3.8, 4) is 0 Å². The SMILES string of the molecule is CC(=O)Nc1ccc2c(c1)CN(C(=O)C(N)Cc1ccc(Cl)cc1Cl)C2. The van der Waals surface area contributed by atoms with Gasteiger partial charge in [0.2, 0.25) is 11.8 Å². The Balaban J connectivity index is 1.67. The second-order valence-corrected chi connectivity index (χ2v) is 7.25. The molecular weight excluding hydrogens is 373 g/mol. The zero-order valence-electron chi connectivity index (χ0n) is 14.3. The molecule has 0 saturated carbocycles. The Bertz CT molecular complexity index is 870. The Kier molecular flexibility index (Phi) is 5.51. The van der Waals surface area contributed by atoms with Crippen LogP contribution in [0.4, 0.5) is 5.69 Å². The van der Waals surface area contributed by atoms with E-state index in [2.05, 4.69) is 5.32 Å². The van der Waals surface area contributed by atoms with Crippen molar-refractivity contribution < 1.29 is 9.59 Å². The summed E-state index contributed by atoms with van der Waals surface area (Å²) in [6, 6.07) is 10.1. The second kappa shape index (κ2) is 7.66. The molecule has 1 aliphatic heterocycles. The molecule has 136 valence electrons. The molecule has 1 atom stereocenters. The summed E-state index contributed by atoms with van der Waals surface area (Å²) in [5.74, 6) is -0.258. The van der Waals surface area contributed by atoms with E-state index >= 15 is 0 Å². The third-order valence-corrected chi connectivity index (χ3v) is 4.92. The van der Waals surface area contributed by atoms with E-state index in [1.807, 2.05) is 18.2 Å². The van der Waals surface area contributed by atoms with E-state index in [4.69, 9.17) is 28.9 Å². The molecule has 3 rings (SSSR count). The Hall–Kier alpha value is -2.08. The second-order valence-electron chi connectivity index (χ2n) is 6.41. The minimum atomic E-state index is -0.683. The molecule has 0 fully saturated rings. The summed E-state index contributed by atoms with van der Waals surface area (Å²) in [5.41, 5.74) is 9.72. The number of benzene rings is 2. The van der Waals surface area contributed by atoms with E-state index in [-0.39, 0.29) is 11.8 Å². The minimum absolute atomic E-state index is 0.127. The lowest BCUT2D eigenvalue weighted by Gasteiger charge is -2.20. The predicted molar refractivity (Wildman–Crippen MR) is 103 cm³/mol. The van der Waals surface area contributed by atoms with Gasteiger partial charge >= 0.3 is 0 Å². The molecule has 5 nitrogen and oxygen atoms in total. The fraction of sp³-hybridized carbons (Fsp3) is 0.263. The van der Waals surface area contributed by atoms with Crippen molar-refractivity contribution in [1.82, 2.24) is 4.90 Å². The minimum Gasteiger partial charge on any atom is -0.333 e. The Morgan fingerprint density at radius 2 is 1.88 bits per heavy atom. The van der Waals surface area contributed by atoms with E-state index in [1.165, 1.54) is 6.92 Å². The molecule has 2 amide bonds. The molecule has 1 aliphatic rings. The standard InChI is InChI=1S/C19H19Cl2N3O2/c1-11(25)23-16-5-3-13-9-24(10-14(13)6-16)19(26)18(22)7-12-2-4-15(20)8-17(12)21/h2-6,8,18H,7,9-10,22H2,1H3,(H,23,25). The maximum atomic E-state index is 12.7. The van der Waals surface area contributed by atoms with Crippen LogP contribution in [0.3, 0.4) is 0 Å². The molecular formula is C19H19Cl2N3O2. The van der Waals surface area contributed by atoms with Gasteiger partial charge in [0.1, 0.15) is 0 Å². The largest absolute Gasteiger partial charge is 0.333 e. The molecule has 2 aromatic rings. The Labute approximate surface area is 162 Å². The fourth-order valence-electron chi connectivity index (χ4n) is 3.08. The average molecular weight is 392 g/mol. The average Bonchev–Trinajstić information content (AvgIpc) is 2.99. The number of nitrogens with one attached hydrogen (secondary N) is 1. The lowest BCUT2D eigenvalue weighted by molar-refractivity contribution is -0.133. The normalized spacial score (nSPS) is 14.1. The molecule has 1 heterocycles. The van der Waals surface area contributed by atoms with Gasteiger partial charge < -0.3 is 16.0 Å². The van der Waals surface area contributed by atoms with E-state index in [0.717, 1.165) is 22.4 Å². The van der Waals surface area contributed by atoms with Crippen molar-refractivity contribution in [2.75, 3.05) is 5.32 Å². The molecule has 7 heteroatoms. The van der Waals surface area contributed by atoms with Crippen LogP contribution in [0.5, 0.6) is 0 Å². The quantitative estimate of drug-likeness (QED) is 0.838. The van der Waals surface area contributed by atoms with Gasteiger partial charge in [-0.15, -0.1) is 0 Å². The Morgan fingerprint density at radius 1 is 1.15 bits per heavy atom. The summed E-state index contributed by atoms with van der Waals surface area (Å²) in [6.45, 7) is 2.45. The molecule has 0 spiro atoms. The predicted octanol–water partition coefficient (Wildman–Crippen LogP) is 3.36. The summed E-state index contributed by atoms with van der Waals surface area (Å²) < 4.78 is 0. The van der Waals surface area contributed by atoms with Crippen molar-refractivity contribution in [2.24, 2.45) is 5.73 Å². The number of halogens is 2. The van der Waals surface area contributed by atoms with Gasteiger partial charge in [-0.2, -0.15) is 0 Å². The molecule has 1 unspecified atom stereocenters. The number of nitrogens with zero attached hydrogens (tertiary/aromatic N) is 1. The van der Waals surface area contributed by atoms with Crippen molar-refractivity contribution in [1.29, 1.82) is 0 Å². The fourth-order valence-corrected chi connectivity index (χ4v) is 3.56. The smallest absolute Gasteiger partial charge is 0.240 e. The van der Waals surface area contributed by atoms with Gasteiger partial charge in [0.25, 0.3) is 0 Å². The Morgan fingerprint density at radius 3 is 2.58 bits per heavy atom. The van der Waals surface area contributed by atoms with Crippen LogP contribution in [0.2, 0.25) is 10.0 Å². The maximum absolute atomic E-state index is 12.7. The van der Waals surface area contributed by atoms with Crippen LogP contribution in [0.25, 0.3) is 0 Å². The van der Waals surface area contributed by atoms with Crippen LogP contribution in [-0.4, -0.2) is 22.8 Å². The van der Waals surface area contributed by atoms with Crippen LogP contribution in [0.15, 0.2) is 36.4 Å².